The Labute approximate surface area is 94.2 Å². The average Bonchev–Trinajstić information content (AvgIpc) is 2.61. The summed E-state index contributed by atoms with van der Waals surface area (Å²) in [5, 5.41) is 0. The second-order valence-corrected chi connectivity index (χ2v) is 4.00. The fraction of sp³-hybridized carbons (Fsp3) is 0.700. The zero-order valence-electron chi connectivity index (χ0n) is 8.78. The fourth-order valence-corrected chi connectivity index (χ4v) is 1.79. The predicted molar refractivity (Wildman–Crippen MR) is 58.3 cm³/mol. The third kappa shape index (κ3) is 2.63. The van der Waals surface area contributed by atoms with Crippen LogP contribution in [0.15, 0.2) is 10.7 Å². The van der Waals surface area contributed by atoms with E-state index >= 15 is 0 Å². The van der Waals surface area contributed by atoms with Gasteiger partial charge in [-0.3, -0.25) is 0 Å². The number of alkyl halides is 1. The number of nitrogens with zero attached hydrogens (tertiary/aromatic N) is 2. The molecule has 15 heavy (non-hydrogen) atoms. The van der Waals surface area contributed by atoms with Gasteiger partial charge in [0.1, 0.15) is 6.26 Å². The molecule has 5 heteroatoms. The Bertz CT molecular complexity index is 316. The van der Waals surface area contributed by atoms with Crippen molar-refractivity contribution in [3.63, 3.8) is 0 Å². The Balaban J connectivity index is 2.07. The maximum absolute atomic E-state index is 5.67. The van der Waals surface area contributed by atoms with E-state index in [1.807, 2.05) is 0 Å². The standard InChI is InChI=1S/C10H15ClN2O2/c1-8-6-13(3-2-4-14-8)10-12-9(5-11)7-15-10/h7-8H,2-6H2,1H3. The van der Waals surface area contributed by atoms with Gasteiger partial charge < -0.3 is 14.1 Å². The number of anilines is 1. The molecular weight excluding hydrogens is 216 g/mol. The summed E-state index contributed by atoms with van der Waals surface area (Å²) in [6.45, 7) is 4.61. The second kappa shape index (κ2) is 4.86. The maximum atomic E-state index is 5.67. The van der Waals surface area contributed by atoms with Gasteiger partial charge in [0, 0.05) is 19.7 Å². The molecule has 1 unspecified atom stereocenters. The lowest BCUT2D eigenvalue weighted by Crippen LogP contribution is -2.30. The van der Waals surface area contributed by atoms with Gasteiger partial charge >= 0.3 is 0 Å². The zero-order valence-corrected chi connectivity index (χ0v) is 9.54. The first-order chi connectivity index (χ1) is 7.29. The van der Waals surface area contributed by atoms with Crippen LogP contribution in [0.4, 0.5) is 6.01 Å². The van der Waals surface area contributed by atoms with Gasteiger partial charge in [0.15, 0.2) is 0 Å². The minimum Gasteiger partial charge on any atom is -0.432 e. The third-order valence-electron chi connectivity index (χ3n) is 2.40. The van der Waals surface area contributed by atoms with Crippen LogP contribution in [-0.2, 0) is 10.6 Å². The topological polar surface area (TPSA) is 38.5 Å². The monoisotopic (exact) mass is 230 g/mol. The van der Waals surface area contributed by atoms with E-state index in [9.17, 15) is 0 Å². The lowest BCUT2D eigenvalue weighted by molar-refractivity contribution is 0.0818. The van der Waals surface area contributed by atoms with Gasteiger partial charge in [-0.1, -0.05) is 0 Å². The summed E-state index contributed by atoms with van der Waals surface area (Å²) in [5.74, 6) is 0.392. The molecule has 1 aliphatic heterocycles. The lowest BCUT2D eigenvalue weighted by Gasteiger charge is -2.19. The Kier molecular flexibility index (Phi) is 3.49. The lowest BCUT2D eigenvalue weighted by atomic mass is 10.3. The molecular formula is C10H15ClN2O2. The largest absolute Gasteiger partial charge is 0.432 e. The van der Waals surface area contributed by atoms with Crippen molar-refractivity contribution in [1.29, 1.82) is 0 Å². The van der Waals surface area contributed by atoms with Gasteiger partial charge in [0.2, 0.25) is 0 Å². The number of halogens is 1. The van der Waals surface area contributed by atoms with Gasteiger partial charge in [-0.15, -0.1) is 11.6 Å². The zero-order chi connectivity index (χ0) is 10.7. The fourth-order valence-electron chi connectivity index (χ4n) is 1.67. The highest BCUT2D eigenvalue weighted by atomic mass is 35.5. The molecule has 2 heterocycles. The Hall–Kier alpha value is -0.740. The first kappa shape index (κ1) is 10.8. The smallest absolute Gasteiger partial charge is 0.297 e. The summed E-state index contributed by atoms with van der Waals surface area (Å²) in [7, 11) is 0. The van der Waals surface area contributed by atoms with Gasteiger partial charge in [-0.25, -0.2) is 0 Å². The molecule has 0 N–H and O–H groups in total. The molecule has 0 bridgehead atoms. The first-order valence-electron chi connectivity index (χ1n) is 5.16. The molecule has 1 atom stereocenters. The summed E-state index contributed by atoms with van der Waals surface area (Å²) in [6.07, 6.45) is 2.83. The van der Waals surface area contributed by atoms with E-state index in [0.29, 0.717) is 11.9 Å². The Morgan fingerprint density at radius 3 is 3.27 bits per heavy atom. The molecule has 4 nitrogen and oxygen atoms in total. The van der Waals surface area contributed by atoms with Crippen LogP contribution >= 0.6 is 11.6 Å². The Morgan fingerprint density at radius 2 is 2.53 bits per heavy atom. The average molecular weight is 231 g/mol. The van der Waals surface area contributed by atoms with Crippen molar-refractivity contribution < 1.29 is 9.15 Å². The molecule has 1 aromatic rings. The van der Waals surface area contributed by atoms with Crippen molar-refractivity contribution in [2.45, 2.75) is 25.3 Å². The van der Waals surface area contributed by atoms with Crippen LogP contribution in [0.3, 0.4) is 0 Å². The molecule has 0 spiro atoms. The van der Waals surface area contributed by atoms with Crippen molar-refractivity contribution in [2.75, 3.05) is 24.6 Å². The van der Waals surface area contributed by atoms with Crippen molar-refractivity contribution in [3.8, 4) is 0 Å². The highest BCUT2D eigenvalue weighted by Crippen LogP contribution is 2.17. The maximum Gasteiger partial charge on any atom is 0.297 e. The van der Waals surface area contributed by atoms with E-state index < -0.39 is 0 Å². The van der Waals surface area contributed by atoms with E-state index in [1.165, 1.54) is 0 Å². The van der Waals surface area contributed by atoms with E-state index in [2.05, 4.69) is 16.8 Å². The van der Waals surface area contributed by atoms with Crippen LogP contribution in [0.5, 0.6) is 0 Å². The summed E-state index contributed by atoms with van der Waals surface area (Å²) >= 11 is 5.67. The summed E-state index contributed by atoms with van der Waals surface area (Å²) < 4.78 is 10.9. The normalized spacial score (nSPS) is 22.8. The van der Waals surface area contributed by atoms with Gasteiger partial charge in [-0.05, 0) is 13.3 Å². The van der Waals surface area contributed by atoms with E-state index in [0.717, 1.165) is 31.8 Å². The number of hydrogen-bond donors (Lipinski definition) is 0. The number of oxazole rings is 1. The molecule has 1 saturated heterocycles. The minimum atomic E-state index is 0.221. The summed E-state index contributed by atoms with van der Waals surface area (Å²) in [6, 6.07) is 0.656. The van der Waals surface area contributed by atoms with Crippen LogP contribution in [0.1, 0.15) is 19.0 Å². The third-order valence-corrected chi connectivity index (χ3v) is 2.67. The van der Waals surface area contributed by atoms with Crippen molar-refractivity contribution in [2.24, 2.45) is 0 Å². The van der Waals surface area contributed by atoms with Crippen LogP contribution < -0.4 is 4.90 Å². The van der Waals surface area contributed by atoms with Gasteiger partial charge in [0.05, 0.1) is 17.7 Å². The molecule has 2 rings (SSSR count). The molecule has 0 radical (unpaired) electrons. The van der Waals surface area contributed by atoms with Crippen molar-refractivity contribution in [3.05, 3.63) is 12.0 Å². The SMILES string of the molecule is CC1CN(c2nc(CCl)co2)CCCO1. The number of aromatic nitrogens is 1. The Morgan fingerprint density at radius 1 is 1.67 bits per heavy atom. The molecule has 0 saturated carbocycles. The van der Waals surface area contributed by atoms with Crippen LogP contribution in [-0.4, -0.2) is 30.8 Å². The summed E-state index contributed by atoms with van der Waals surface area (Å²) in [4.78, 5) is 6.41. The van der Waals surface area contributed by atoms with Gasteiger partial charge in [-0.2, -0.15) is 4.98 Å². The molecule has 0 aliphatic carbocycles. The number of ether oxygens (including phenoxy) is 1. The highest BCUT2D eigenvalue weighted by molar-refractivity contribution is 6.16. The van der Waals surface area contributed by atoms with E-state index in [4.69, 9.17) is 20.8 Å². The second-order valence-electron chi connectivity index (χ2n) is 3.74. The van der Waals surface area contributed by atoms with E-state index in [1.54, 1.807) is 6.26 Å². The van der Waals surface area contributed by atoms with Crippen LogP contribution in [0.25, 0.3) is 0 Å². The number of rotatable bonds is 2. The molecule has 0 amide bonds. The predicted octanol–water partition coefficient (Wildman–Crippen LogP) is 2.03. The van der Waals surface area contributed by atoms with Crippen LogP contribution in [0, 0.1) is 0 Å². The summed E-state index contributed by atoms with van der Waals surface area (Å²) in [5.41, 5.74) is 0.782. The molecule has 84 valence electrons. The van der Waals surface area contributed by atoms with Crippen molar-refractivity contribution in [1.82, 2.24) is 4.98 Å². The molecule has 0 aromatic carbocycles. The molecule has 1 aliphatic rings. The highest BCUT2D eigenvalue weighted by Gasteiger charge is 2.18. The quantitative estimate of drug-likeness (QED) is 0.729. The number of hydrogen-bond acceptors (Lipinski definition) is 4. The van der Waals surface area contributed by atoms with E-state index in [-0.39, 0.29) is 6.10 Å². The molecule has 1 fully saturated rings. The first-order valence-corrected chi connectivity index (χ1v) is 5.70. The van der Waals surface area contributed by atoms with Crippen molar-refractivity contribution >= 4 is 17.6 Å². The van der Waals surface area contributed by atoms with Gasteiger partial charge in [0.25, 0.3) is 6.01 Å². The molecule has 1 aromatic heterocycles. The van der Waals surface area contributed by atoms with Crippen LogP contribution in [0.2, 0.25) is 0 Å². The minimum absolute atomic E-state index is 0.221.